The number of aliphatic carboxylic acids is 1. The van der Waals surface area contributed by atoms with Gasteiger partial charge in [0.2, 0.25) is 0 Å². The number of carboxylic acid groups (broad SMARTS) is 1. The maximum Gasteiger partial charge on any atom is 0.415 e. The van der Waals surface area contributed by atoms with Crippen LogP contribution in [0.15, 0.2) is 12.1 Å². The predicted molar refractivity (Wildman–Crippen MR) is 75.0 cm³/mol. The third-order valence-corrected chi connectivity index (χ3v) is 3.25. The molecule has 1 aromatic carbocycles. The predicted octanol–water partition coefficient (Wildman–Crippen LogP) is 2.88. The first-order valence-electron chi connectivity index (χ1n) is 6.65. The lowest BCUT2D eigenvalue weighted by molar-refractivity contribution is -0.138. The van der Waals surface area contributed by atoms with Gasteiger partial charge in [0.1, 0.15) is 17.5 Å². The highest BCUT2D eigenvalue weighted by Crippen LogP contribution is 2.38. The molecule has 1 aliphatic heterocycles. The second-order valence-electron chi connectivity index (χ2n) is 6.10. The summed E-state index contributed by atoms with van der Waals surface area (Å²) in [6.07, 6.45) is -0.834. The van der Waals surface area contributed by atoms with Crippen LogP contribution in [0.5, 0.6) is 0 Å². The summed E-state index contributed by atoms with van der Waals surface area (Å²) in [7, 11) is 0. The van der Waals surface area contributed by atoms with Crippen molar-refractivity contribution in [3.63, 3.8) is 0 Å². The maximum absolute atomic E-state index is 13.9. The summed E-state index contributed by atoms with van der Waals surface area (Å²) in [5.41, 5.74) is 0.426. The Morgan fingerprint density at radius 3 is 2.52 bits per heavy atom. The molecule has 0 spiro atoms. The average molecular weight is 295 g/mol. The molecular weight excluding hydrogens is 277 g/mol. The molecule has 0 saturated heterocycles. The molecule has 6 heteroatoms. The van der Waals surface area contributed by atoms with Gasteiger partial charge in [0.15, 0.2) is 0 Å². The summed E-state index contributed by atoms with van der Waals surface area (Å²) in [6, 6.07) is 1.66. The molecule has 114 valence electrons. The van der Waals surface area contributed by atoms with Crippen LogP contribution >= 0.6 is 0 Å². The second-order valence-corrected chi connectivity index (χ2v) is 6.10. The number of benzene rings is 1. The van der Waals surface area contributed by atoms with Gasteiger partial charge in [-0.05, 0) is 39.3 Å². The molecule has 1 aliphatic rings. The van der Waals surface area contributed by atoms with Crippen LogP contribution in [0.3, 0.4) is 0 Å². The van der Waals surface area contributed by atoms with E-state index in [0.29, 0.717) is 11.3 Å². The molecule has 1 atom stereocenters. The van der Waals surface area contributed by atoms with Crippen molar-refractivity contribution in [1.29, 1.82) is 0 Å². The van der Waals surface area contributed by atoms with Crippen LogP contribution in [0, 0.1) is 12.7 Å². The van der Waals surface area contributed by atoms with Gasteiger partial charge >= 0.3 is 12.1 Å². The lowest BCUT2D eigenvalue weighted by Gasteiger charge is -2.28. The summed E-state index contributed by atoms with van der Waals surface area (Å²) in [5, 5.41) is 9.31. The van der Waals surface area contributed by atoms with Crippen molar-refractivity contribution in [3.05, 3.63) is 29.1 Å². The van der Waals surface area contributed by atoms with E-state index >= 15 is 0 Å². The number of carbonyl (C=O) groups is 2. The quantitative estimate of drug-likeness (QED) is 0.865. The van der Waals surface area contributed by atoms with E-state index in [-0.39, 0.29) is 12.0 Å². The van der Waals surface area contributed by atoms with Gasteiger partial charge in [0, 0.05) is 12.0 Å². The molecule has 0 fully saturated rings. The number of carbonyl (C=O) groups excluding carboxylic acids is 1. The molecule has 1 unspecified atom stereocenters. The smallest absolute Gasteiger partial charge is 0.415 e. The van der Waals surface area contributed by atoms with Gasteiger partial charge in [-0.2, -0.15) is 0 Å². The van der Waals surface area contributed by atoms with E-state index in [2.05, 4.69) is 0 Å². The van der Waals surface area contributed by atoms with Gasteiger partial charge in [-0.1, -0.05) is 6.07 Å². The van der Waals surface area contributed by atoms with E-state index in [4.69, 9.17) is 4.74 Å². The van der Waals surface area contributed by atoms with E-state index in [1.54, 1.807) is 27.7 Å². The Hall–Kier alpha value is -2.11. The van der Waals surface area contributed by atoms with Gasteiger partial charge in [-0.25, -0.2) is 14.0 Å². The first kappa shape index (κ1) is 15.3. The molecule has 0 radical (unpaired) electrons. The fraction of sp³-hybridized carbons (Fsp3) is 0.467. The molecular formula is C15H18FNO4. The van der Waals surface area contributed by atoms with Crippen LogP contribution in [0.4, 0.5) is 14.9 Å². The summed E-state index contributed by atoms with van der Waals surface area (Å²) in [6.45, 7) is 6.78. The first-order chi connectivity index (χ1) is 9.61. The summed E-state index contributed by atoms with van der Waals surface area (Å²) in [4.78, 5) is 24.8. The van der Waals surface area contributed by atoms with Crippen molar-refractivity contribution in [2.45, 2.75) is 45.8 Å². The van der Waals surface area contributed by atoms with Crippen LogP contribution in [0.25, 0.3) is 0 Å². The minimum atomic E-state index is -1.18. The molecule has 1 N–H and O–H groups in total. The molecule has 1 amide bonds. The zero-order valence-electron chi connectivity index (χ0n) is 12.4. The van der Waals surface area contributed by atoms with Crippen LogP contribution in [0.1, 0.15) is 31.9 Å². The zero-order chi connectivity index (χ0) is 15.9. The number of aryl methyl sites for hydroxylation is 1. The molecule has 2 rings (SSSR count). The molecule has 0 saturated carbocycles. The van der Waals surface area contributed by atoms with Crippen LogP contribution in [0.2, 0.25) is 0 Å². The number of nitrogens with zero attached hydrogens (tertiary/aromatic N) is 1. The lowest BCUT2D eigenvalue weighted by atomic mass is 10.1. The number of hydrogen-bond acceptors (Lipinski definition) is 3. The molecule has 1 heterocycles. The van der Waals surface area contributed by atoms with Crippen LogP contribution in [-0.4, -0.2) is 28.8 Å². The Morgan fingerprint density at radius 1 is 1.38 bits per heavy atom. The van der Waals surface area contributed by atoms with Crippen molar-refractivity contribution in [2.24, 2.45) is 0 Å². The van der Waals surface area contributed by atoms with E-state index in [1.165, 1.54) is 12.1 Å². The Kier molecular flexibility index (Phi) is 3.65. The fourth-order valence-corrected chi connectivity index (χ4v) is 2.43. The minimum absolute atomic E-state index is 0.0581. The van der Waals surface area contributed by atoms with Crippen molar-refractivity contribution < 1.29 is 23.8 Å². The first-order valence-corrected chi connectivity index (χ1v) is 6.65. The number of hydrogen-bond donors (Lipinski definition) is 1. The Morgan fingerprint density at radius 2 is 2.00 bits per heavy atom. The van der Waals surface area contributed by atoms with Crippen molar-refractivity contribution in [2.75, 3.05) is 4.90 Å². The summed E-state index contributed by atoms with van der Waals surface area (Å²) < 4.78 is 19.2. The van der Waals surface area contributed by atoms with Gasteiger partial charge in [-0.15, -0.1) is 0 Å². The fourth-order valence-electron chi connectivity index (χ4n) is 2.43. The molecule has 0 aliphatic carbocycles. The zero-order valence-corrected chi connectivity index (χ0v) is 12.4. The van der Waals surface area contributed by atoms with E-state index in [0.717, 1.165) is 4.90 Å². The Bertz CT molecular complexity index is 606. The van der Waals surface area contributed by atoms with Gasteiger partial charge in [-0.3, -0.25) is 4.90 Å². The van der Waals surface area contributed by atoms with E-state index in [1.807, 2.05) is 0 Å². The topological polar surface area (TPSA) is 66.8 Å². The molecule has 21 heavy (non-hydrogen) atoms. The number of anilines is 1. The van der Waals surface area contributed by atoms with Crippen LogP contribution in [-0.2, 0) is 16.0 Å². The van der Waals surface area contributed by atoms with Gasteiger partial charge < -0.3 is 9.84 Å². The summed E-state index contributed by atoms with van der Waals surface area (Å²) >= 11 is 0. The van der Waals surface area contributed by atoms with Gasteiger partial charge in [0.05, 0.1) is 5.69 Å². The number of carboxylic acids is 1. The molecule has 5 nitrogen and oxygen atoms in total. The number of fused-ring (bicyclic) bond motifs is 1. The number of ether oxygens (including phenoxy) is 1. The van der Waals surface area contributed by atoms with E-state index in [9.17, 15) is 19.1 Å². The van der Waals surface area contributed by atoms with Crippen LogP contribution < -0.4 is 4.90 Å². The van der Waals surface area contributed by atoms with Crippen molar-refractivity contribution in [3.8, 4) is 0 Å². The molecule has 1 aromatic rings. The highest BCUT2D eigenvalue weighted by molar-refractivity contribution is 5.99. The van der Waals surface area contributed by atoms with Crippen molar-refractivity contribution >= 4 is 17.7 Å². The largest absolute Gasteiger partial charge is 0.480 e. The monoisotopic (exact) mass is 295 g/mol. The molecule has 0 aromatic heterocycles. The van der Waals surface area contributed by atoms with Crippen molar-refractivity contribution in [1.82, 2.24) is 0 Å². The standard InChI is InChI=1S/C15H18FNO4/c1-8-5-6-10(16)9-7-11(13(18)19)17(12(8)9)14(20)21-15(2,3)4/h5-6,11H,7H2,1-4H3,(H,18,19). The third-order valence-electron chi connectivity index (χ3n) is 3.25. The summed E-state index contributed by atoms with van der Waals surface area (Å²) in [5.74, 6) is -1.69. The third kappa shape index (κ3) is 2.84. The number of rotatable bonds is 1. The number of amides is 1. The average Bonchev–Trinajstić information content (AvgIpc) is 2.73. The molecule has 0 bridgehead atoms. The van der Waals surface area contributed by atoms with Gasteiger partial charge in [0.25, 0.3) is 0 Å². The second kappa shape index (κ2) is 5.02. The minimum Gasteiger partial charge on any atom is -0.480 e. The highest BCUT2D eigenvalue weighted by Gasteiger charge is 2.42. The Labute approximate surface area is 122 Å². The van der Waals surface area contributed by atoms with E-state index < -0.39 is 29.5 Å². The number of halogens is 1. The highest BCUT2D eigenvalue weighted by atomic mass is 19.1. The maximum atomic E-state index is 13.9. The lowest BCUT2D eigenvalue weighted by Crippen LogP contribution is -2.45. The SMILES string of the molecule is Cc1ccc(F)c2c1N(C(=O)OC(C)(C)C)C(C(=O)O)C2. The Balaban J connectivity index is 2.50. The normalized spacial score (nSPS) is 17.6.